The zero-order valence-electron chi connectivity index (χ0n) is 21.0. The molecule has 8 heteroatoms. The van der Waals surface area contributed by atoms with Gasteiger partial charge < -0.3 is 10.3 Å². The van der Waals surface area contributed by atoms with Crippen molar-refractivity contribution in [2.75, 3.05) is 5.32 Å². The summed E-state index contributed by atoms with van der Waals surface area (Å²) in [4.78, 5) is 17.4. The topological polar surface area (TPSA) is 95.2 Å². The molecule has 0 radical (unpaired) electrons. The molecule has 184 valence electrons. The molecule has 0 spiro atoms. The number of aromatic amines is 2. The van der Waals surface area contributed by atoms with Gasteiger partial charge in [-0.25, -0.2) is 9.97 Å². The van der Waals surface area contributed by atoms with Gasteiger partial charge in [-0.2, -0.15) is 16.4 Å². The molecule has 6 aromatic heterocycles. The number of nitrogens with zero attached hydrogens (tertiary/aromatic N) is 4. The third kappa shape index (κ3) is 4.63. The molecule has 6 heterocycles. The van der Waals surface area contributed by atoms with Gasteiger partial charge in [-0.1, -0.05) is 27.4 Å². The average Bonchev–Trinajstić information content (AvgIpc) is 3.61. The molecule has 0 unspecified atom stereocenters. The maximum atomic E-state index is 4.98. The lowest BCUT2D eigenvalue weighted by atomic mass is 9.91. The summed E-state index contributed by atoms with van der Waals surface area (Å²) < 4.78 is 0. The second-order valence-electron chi connectivity index (χ2n) is 10.4. The van der Waals surface area contributed by atoms with E-state index in [1.54, 1.807) is 11.3 Å². The van der Waals surface area contributed by atoms with E-state index < -0.39 is 0 Å². The van der Waals surface area contributed by atoms with Crippen molar-refractivity contribution in [1.29, 1.82) is 0 Å². The van der Waals surface area contributed by atoms with Gasteiger partial charge in [0.05, 0.1) is 28.8 Å². The number of hydrogen-bond acceptors (Lipinski definition) is 6. The van der Waals surface area contributed by atoms with Crippen LogP contribution in [-0.2, 0) is 0 Å². The Kier molecular flexibility index (Phi) is 5.61. The van der Waals surface area contributed by atoms with Crippen LogP contribution in [0, 0.1) is 5.41 Å². The zero-order chi connectivity index (χ0) is 25.6. The molecule has 0 aromatic carbocycles. The monoisotopic (exact) mass is 505 g/mol. The summed E-state index contributed by atoms with van der Waals surface area (Å²) in [7, 11) is 0. The first-order valence-corrected chi connectivity index (χ1v) is 13.0. The van der Waals surface area contributed by atoms with Crippen LogP contribution >= 0.6 is 11.3 Å². The van der Waals surface area contributed by atoms with E-state index >= 15 is 0 Å². The van der Waals surface area contributed by atoms with E-state index in [0.717, 1.165) is 68.1 Å². The fraction of sp³-hybridized carbons (Fsp3) is 0.172. The van der Waals surface area contributed by atoms with Gasteiger partial charge in [-0.3, -0.25) is 10.1 Å². The summed E-state index contributed by atoms with van der Waals surface area (Å²) in [6, 6.07) is 12.3. The fourth-order valence-electron chi connectivity index (χ4n) is 4.61. The molecule has 0 fully saturated rings. The molecule has 0 atom stereocenters. The van der Waals surface area contributed by atoms with E-state index in [1.165, 1.54) is 5.56 Å². The van der Waals surface area contributed by atoms with Crippen molar-refractivity contribution in [1.82, 2.24) is 30.1 Å². The quantitative estimate of drug-likeness (QED) is 0.216. The zero-order valence-corrected chi connectivity index (χ0v) is 21.8. The molecule has 0 aliphatic carbocycles. The number of hydrogen-bond donors (Lipinski definition) is 3. The molecule has 0 bridgehead atoms. The second kappa shape index (κ2) is 8.97. The number of nitrogens with one attached hydrogen (secondary N) is 3. The van der Waals surface area contributed by atoms with E-state index in [-0.39, 0.29) is 5.41 Å². The van der Waals surface area contributed by atoms with Crippen LogP contribution in [0.3, 0.4) is 0 Å². The Morgan fingerprint density at radius 2 is 1.97 bits per heavy atom. The van der Waals surface area contributed by atoms with E-state index in [4.69, 9.17) is 4.98 Å². The lowest BCUT2D eigenvalue weighted by Crippen LogP contribution is -2.10. The SMILES string of the molecule is C=C(CC(C)(C)C)Nc1cncc(-c2ccc3[nH]nc(-c4cc5c(-c6ccsc6)ccnc5[nH]4)c3n2)c1. The molecule has 0 saturated heterocycles. The Balaban J connectivity index is 1.36. The Morgan fingerprint density at radius 1 is 1.08 bits per heavy atom. The molecule has 7 nitrogen and oxygen atoms in total. The average molecular weight is 506 g/mol. The minimum absolute atomic E-state index is 0.155. The van der Waals surface area contributed by atoms with Gasteiger partial charge in [-0.05, 0) is 70.1 Å². The summed E-state index contributed by atoms with van der Waals surface area (Å²) >= 11 is 1.68. The molecular formula is C29H27N7S. The minimum atomic E-state index is 0.155. The number of fused-ring (bicyclic) bond motifs is 2. The van der Waals surface area contributed by atoms with Gasteiger partial charge in [0, 0.05) is 29.0 Å². The van der Waals surface area contributed by atoms with Crippen molar-refractivity contribution in [3.05, 3.63) is 78.0 Å². The minimum Gasteiger partial charge on any atom is -0.358 e. The number of rotatable bonds is 6. The van der Waals surface area contributed by atoms with Crippen LogP contribution in [-0.4, -0.2) is 30.1 Å². The predicted molar refractivity (Wildman–Crippen MR) is 152 cm³/mol. The summed E-state index contributed by atoms with van der Waals surface area (Å²) in [6.45, 7) is 10.8. The van der Waals surface area contributed by atoms with Crippen LogP contribution in [0.4, 0.5) is 5.69 Å². The first-order valence-electron chi connectivity index (χ1n) is 12.1. The van der Waals surface area contributed by atoms with Crippen molar-refractivity contribution >= 4 is 39.1 Å². The summed E-state index contributed by atoms with van der Waals surface area (Å²) in [5.41, 5.74) is 10.2. The Bertz CT molecular complexity index is 1740. The number of H-pyrrole nitrogens is 2. The highest BCUT2D eigenvalue weighted by Crippen LogP contribution is 2.34. The van der Waals surface area contributed by atoms with Crippen molar-refractivity contribution in [3.63, 3.8) is 0 Å². The van der Waals surface area contributed by atoms with Crippen LogP contribution < -0.4 is 5.32 Å². The van der Waals surface area contributed by atoms with E-state index in [2.05, 4.69) is 86.8 Å². The number of anilines is 1. The van der Waals surface area contributed by atoms with E-state index in [9.17, 15) is 0 Å². The Labute approximate surface area is 218 Å². The Hall–Kier alpha value is -4.30. The Morgan fingerprint density at radius 3 is 2.78 bits per heavy atom. The molecule has 6 rings (SSSR count). The second-order valence-corrected chi connectivity index (χ2v) is 11.2. The highest BCUT2D eigenvalue weighted by Gasteiger charge is 2.17. The summed E-state index contributed by atoms with van der Waals surface area (Å²) in [5, 5.41) is 16.4. The van der Waals surface area contributed by atoms with Crippen molar-refractivity contribution in [3.8, 4) is 33.8 Å². The summed E-state index contributed by atoms with van der Waals surface area (Å²) in [5.74, 6) is 0. The van der Waals surface area contributed by atoms with Gasteiger partial charge in [0.25, 0.3) is 0 Å². The van der Waals surface area contributed by atoms with Gasteiger partial charge in [0.2, 0.25) is 0 Å². The third-order valence-corrected chi connectivity index (χ3v) is 6.81. The predicted octanol–water partition coefficient (Wildman–Crippen LogP) is 7.65. The van der Waals surface area contributed by atoms with Gasteiger partial charge in [0.1, 0.15) is 16.9 Å². The first kappa shape index (κ1) is 23.1. The van der Waals surface area contributed by atoms with Gasteiger partial charge >= 0.3 is 0 Å². The van der Waals surface area contributed by atoms with Gasteiger partial charge in [0.15, 0.2) is 0 Å². The highest BCUT2D eigenvalue weighted by molar-refractivity contribution is 7.08. The molecule has 0 amide bonds. The van der Waals surface area contributed by atoms with Crippen LogP contribution in [0.2, 0.25) is 0 Å². The number of aromatic nitrogens is 6. The van der Waals surface area contributed by atoms with Crippen molar-refractivity contribution in [2.45, 2.75) is 27.2 Å². The molecule has 6 aromatic rings. The molecule has 3 N–H and O–H groups in total. The molecule has 0 aliphatic heterocycles. The molecule has 0 saturated carbocycles. The maximum Gasteiger partial charge on any atom is 0.138 e. The van der Waals surface area contributed by atoms with Crippen LogP contribution in [0.25, 0.3) is 55.8 Å². The first-order chi connectivity index (χ1) is 17.8. The fourth-order valence-corrected chi connectivity index (χ4v) is 5.26. The lowest BCUT2D eigenvalue weighted by Gasteiger charge is -2.20. The van der Waals surface area contributed by atoms with Crippen LogP contribution in [0.1, 0.15) is 27.2 Å². The van der Waals surface area contributed by atoms with E-state index in [0.29, 0.717) is 0 Å². The molecule has 37 heavy (non-hydrogen) atoms. The smallest absolute Gasteiger partial charge is 0.138 e. The van der Waals surface area contributed by atoms with Gasteiger partial charge in [-0.15, -0.1) is 0 Å². The number of allylic oxidation sites excluding steroid dienone is 1. The standard InChI is InChI=1S/C29H27N7S/c1-17(13-29(2,3)4)32-20-11-19(14-30-15-20)23-5-6-24-26(33-23)27(36-35-24)25-12-22-21(18-8-10-37-16-18)7-9-31-28(22)34-25/h5-12,14-16,32H,1,13H2,2-4H3,(H,31,34)(H,35,36). The summed E-state index contributed by atoms with van der Waals surface area (Å²) in [6.07, 6.45) is 6.33. The van der Waals surface area contributed by atoms with Crippen molar-refractivity contribution < 1.29 is 0 Å². The van der Waals surface area contributed by atoms with Crippen LogP contribution in [0.5, 0.6) is 0 Å². The largest absolute Gasteiger partial charge is 0.358 e. The van der Waals surface area contributed by atoms with E-state index in [1.807, 2.05) is 36.8 Å². The number of pyridine rings is 3. The highest BCUT2D eigenvalue weighted by atomic mass is 32.1. The number of thiophene rings is 1. The van der Waals surface area contributed by atoms with Crippen LogP contribution in [0.15, 0.2) is 78.0 Å². The van der Waals surface area contributed by atoms with Crippen molar-refractivity contribution in [2.24, 2.45) is 5.41 Å². The lowest BCUT2D eigenvalue weighted by molar-refractivity contribution is 0.411. The molecular weight excluding hydrogens is 478 g/mol. The maximum absolute atomic E-state index is 4.98. The molecule has 0 aliphatic rings. The third-order valence-electron chi connectivity index (χ3n) is 6.13. The normalized spacial score (nSPS) is 11.9.